The van der Waals surface area contributed by atoms with E-state index in [1.165, 1.54) is 6.20 Å². The predicted molar refractivity (Wildman–Crippen MR) is 76.5 cm³/mol. The van der Waals surface area contributed by atoms with E-state index in [2.05, 4.69) is 10.3 Å². The van der Waals surface area contributed by atoms with Crippen LogP contribution in [0.4, 0.5) is 5.69 Å². The second-order valence-corrected chi connectivity index (χ2v) is 4.42. The van der Waals surface area contributed by atoms with Gasteiger partial charge in [-0.1, -0.05) is 6.07 Å². The van der Waals surface area contributed by atoms with E-state index < -0.39 is 12.6 Å². The Bertz CT molecular complexity index is 670. The highest BCUT2D eigenvalue weighted by Crippen LogP contribution is 2.18. The van der Waals surface area contributed by atoms with Crippen LogP contribution in [0, 0.1) is 6.92 Å². The number of aromatic nitrogens is 1. The van der Waals surface area contributed by atoms with Gasteiger partial charge in [0.25, 0.3) is 5.91 Å². The van der Waals surface area contributed by atoms with E-state index in [0.717, 1.165) is 5.56 Å². The number of amides is 1. The van der Waals surface area contributed by atoms with Crippen molar-refractivity contribution in [2.75, 3.05) is 11.9 Å². The third kappa shape index (κ3) is 4.31. The Morgan fingerprint density at radius 2 is 2.10 bits per heavy atom. The van der Waals surface area contributed by atoms with Crippen LogP contribution in [0.2, 0.25) is 0 Å². The molecule has 0 bridgehead atoms. The topological polar surface area (TPSA) is 88.5 Å². The lowest BCUT2D eigenvalue weighted by Gasteiger charge is -2.08. The molecule has 0 atom stereocenters. The molecule has 108 valence electrons. The Kier molecular flexibility index (Phi) is 4.50. The minimum atomic E-state index is -1.06. The first kappa shape index (κ1) is 14.5. The van der Waals surface area contributed by atoms with Gasteiger partial charge in [-0.2, -0.15) is 0 Å². The molecule has 0 aliphatic rings. The summed E-state index contributed by atoms with van der Waals surface area (Å²) in [5.74, 6) is -0.977. The van der Waals surface area contributed by atoms with E-state index in [9.17, 15) is 9.59 Å². The van der Waals surface area contributed by atoms with Gasteiger partial charge < -0.3 is 15.2 Å². The number of ether oxygens (including phenoxy) is 1. The van der Waals surface area contributed by atoms with Gasteiger partial charge in [-0.15, -0.1) is 0 Å². The number of nitrogens with one attached hydrogen (secondary N) is 1. The highest BCUT2D eigenvalue weighted by atomic mass is 16.5. The minimum Gasteiger partial charge on any atom is -0.482 e. The number of nitrogens with zero attached hydrogens (tertiary/aromatic N) is 1. The van der Waals surface area contributed by atoms with E-state index in [4.69, 9.17) is 9.84 Å². The van der Waals surface area contributed by atoms with Gasteiger partial charge in [0, 0.05) is 24.1 Å². The fourth-order valence-corrected chi connectivity index (χ4v) is 1.69. The molecule has 2 rings (SSSR count). The van der Waals surface area contributed by atoms with Gasteiger partial charge in [0.2, 0.25) is 0 Å². The highest BCUT2D eigenvalue weighted by Gasteiger charge is 2.07. The molecule has 1 amide bonds. The summed E-state index contributed by atoms with van der Waals surface area (Å²) in [4.78, 5) is 26.5. The average Bonchev–Trinajstić information content (AvgIpc) is 2.45. The second-order valence-electron chi connectivity index (χ2n) is 4.42. The van der Waals surface area contributed by atoms with Gasteiger partial charge in [-0.25, -0.2) is 4.79 Å². The number of carboxylic acid groups (broad SMARTS) is 1. The van der Waals surface area contributed by atoms with Crippen molar-refractivity contribution in [3.63, 3.8) is 0 Å². The van der Waals surface area contributed by atoms with Gasteiger partial charge in [0.1, 0.15) is 5.75 Å². The molecule has 0 spiro atoms. The van der Waals surface area contributed by atoms with Gasteiger partial charge in [-0.3, -0.25) is 9.78 Å². The number of aliphatic carboxylic acids is 1. The van der Waals surface area contributed by atoms with Crippen molar-refractivity contribution in [3.05, 3.63) is 53.9 Å². The molecule has 0 aliphatic carbocycles. The summed E-state index contributed by atoms with van der Waals surface area (Å²) in [5, 5.41) is 11.3. The van der Waals surface area contributed by atoms with Gasteiger partial charge >= 0.3 is 5.97 Å². The molecule has 0 aliphatic heterocycles. The normalized spacial score (nSPS) is 9.95. The monoisotopic (exact) mass is 286 g/mol. The van der Waals surface area contributed by atoms with Crippen LogP contribution in [-0.4, -0.2) is 28.6 Å². The number of carbonyl (C=O) groups is 2. The molecule has 6 nitrogen and oxygen atoms in total. The van der Waals surface area contributed by atoms with Gasteiger partial charge in [0.15, 0.2) is 6.61 Å². The number of anilines is 1. The molecule has 1 heterocycles. The van der Waals surface area contributed by atoms with Crippen LogP contribution in [0.3, 0.4) is 0 Å². The Labute approximate surface area is 121 Å². The van der Waals surface area contributed by atoms with Crippen LogP contribution < -0.4 is 10.1 Å². The summed E-state index contributed by atoms with van der Waals surface area (Å²) in [5.41, 5.74) is 1.86. The summed E-state index contributed by atoms with van der Waals surface area (Å²) < 4.78 is 5.05. The number of carboxylic acids is 1. The number of hydrogen-bond donors (Lipinski definition) is 2. The van der Waals surface area contributed by atoms with Crippen molar-refractivity contribution >= 4 is 17.6 Å². The fourth-order valence-electron chi connectivity index (χ4n) is 1.69. The largest absolute Gasteiger partial charge is 0.482 e. The molecule has 0 radical (unpaired) electrons. The van der Waals surface area contributed by atoms with E-state index in [1.54, 1.807) is 36.5 Å². The SMILES string of the molecule is Cc1cncc(C(=O)Nc2cccc(OCC(=O)O)c2)c1. The molecule has 21 heavy (non-hydrogen) atoms. The molecule has 0 fully saturated rings. The number of rotatable bonds is 5. The number of hydrogen-bond acceptors (Lipinski definition) is 4. The van der Waals surface area contributed by atoms with E-state index >= 15 is 0 Å². The minimum absolute atomic E-state index is 0.290. The third-order valence-electron chi connectivity index (χ3n) is 2.59. The van der Waals surface area contributed by atoms with Crippen molar-refractivity contribution in [3.8, 4) is 5.75 Å². The van der Waals surface area contributed by atoms with Crippen LogP contribution >= 0.6 is 0 Å². The second kappa shape index (κ2) is 6.51. The van der Waals surface area contributed by atoms with Crippen LogP contribution in [0.5, 0.6) is 5.75 Å². The first-order valence-corrected chi connectivity index (χ1v) is 6.22. The van der Waals surface area contributed by atoms with Crippen molar-refractivity contribution in [2.45, 2.75) is 6.92 Å². The van der Waals surface area contributed by atoms with Crippen molar-refractivity contribution in [1.82, 2.24) is 4.98 Å². The molecule has 2 aromatic rings. The van der Waals surface area contributed by atoms with Crippen LogP contribution in [-0.2, 0) is 4.79 Å². The molecular formula is C15H14N2O4. The smallest absolute Gasteiger partial charge is 0.341 e. The first-order chi connectivity index (χ1) is 10.0. The van der Waals surface area contributed by atoms with E-state index in [1.807, 2.05) is 6.92 Å². The summed E-state index contributed by atoms with van der Waals surface area (Å²) in [6.07, 6.45) is 3.14. The Morgan fingerprint density at radius 3 is 2.81 bits per heavy atom. The maximum atomic E-state index is 12.1. The van der Waals surface area contributed by atoms with Crippen molar-refractivity contribution in [1.29, 1.82) is 0 Å². The fraction of sp³-hybridized carbons (Fsp3) is 0.133. The molecule has 0 saturated heterocycles. The lowest BCUT2D eigenvalue weighted by atomic mass is 10.2. The maximum absolute atomic E-state index is 12.1. The number of carbonyl (C=O) groups excluding carboxylic acids is 1. The quantitative estimate of drug-likeness (QED) is 0.878. The van der Waals surface area contributed by atoms with Crippen molar-refractivity contribution in [2.24, 2.45) is 0 Å². The molecule has 1 aromatic carbocycles. The summed E-state index contributed by atoms with van der Waals surface area (Å²) >= 11 is 0. The van der Waals surface area contributed by atoms with Crippen LogP contribution in [0.25, 0.3) is 0 Å². The number of benzene rings is 1. The van der Waals surface area contributed by atoms with E-state index in [0.29, 0.717) is 17.0 Å². The highest BCUT2D eigenvalue weighted by molar-refractivity contribution is 6.04. The van der Waals surface area contributed by atoms with Crippen molar-refractivity contribution < 1.29 is 19.4 Å². The Morgan fingerprint density at radius 1 is 1.29 bits per heavy atom. The Hall–Kier alpha value is -2.89. The molecule has 2 N–H and O–H groups in total. The Balaban J connectivity index is 2.07. The summed E-state index contributed by atoms with van der Waals surface area (Å²) in [7, 11) is 0. The zero-order valence-electron chi connectivity index (χ0n) is 11.4. The van der Waals surface area contributed by atoms with E-state index in [-0.39, 0.29) is 5.91 Å². The number of pyridine rings is 1. The maximum Gasteiger partial charge on any atom is 0.341 e. The van der Waals surface area contributed by atoms with Gasteiger partial charge in [-0.05, 0) is 30.7 Å². The number of aryl methyl sites for hydroxylation is 1. The molecule has 1 aromatic heterocycles. The zero-order valence-corrected chi connectivity index (χ0v) is 11.4. The summed E-state index contributed by atoms with van der Waals surface area (Å²) in [6, 6.07) is 8.26. The lowest BCUT2D eigenvalue weighted by Crippen LogP contribution is -2.13. The third-order valence-corrected chi connectivity index (χ3v) is 2.59. The summed E-state index contributed by atoms with van der Waals surface area (Å²) in [6.45, 7) is 1.42. The molecular weight excluding hydrogens is 272 g/mol. The predicted octanol–water partition coefficient (Wildman–Crippen LogP) is 2.11. The molecule has 0 saturated carbocycles. The van der Waals surface area contributed by atoms with Crippen LogP contribution in [0.15, 0.2) is 42.7 Å². The average molecular weight is 286 g/mol. The zero-order chi connectivity index (χ0) is 15.2. The van der Waals surface area contributed by atoms with Crippen LogP contribution in [0.1, 0.15) is 15.9 Å². The molecule has 0 unspecified atom stereocenters. The molecule has 6 heteroatoms. The lowest BCUT2D eigenvalue weighted by molar-refractivity contribution is -0.139. The van der Waals surface area contributed by atoms with Gasteiger partial charge in [0.05, 0.1) is 5.56 Å². The first-order valence-electron chi connectivity index (χ1n) is 6.22. The standard InChI is InChI=1S/C15H14N2O4/c1-10-5-11(8-16-7-10)15(20)17-12-3-2-4-13(6-12)21-9-14(18)19/h2-8H,9H2,1H3,(H,17,20)(H,18,19).